The summed E-state index contributed by atoms with van der Waals surface area (Å²) < 4.78 is 2.08. The van der Waals surface area contributed by atoms with Gasteiger partial charge in [-0.1, -0.05) is 51.4 Å². The number of anilines is 1. The first kappa shape index (κ1) is 15.9. The van der Waals surface area contributed by atoms with E-state index in [1.54, 1.807) is 0 Å². The number of aromatic nitrogens is 2. The molecule has 1 saturated carbocycles. The van der Waals surface area contributed by atoms with Gasteiger partial charge in [0, 0.05) is 5.92 Å². The van der Waals surface area contributed by atoms with E-state index in [4.69, 9.17) is 17.1 Å². The molecule has 1 heterocycles. The first-order valence-corrected chi connectivity index (χ1v) is 8.56. The molecule has 0 radical (unpaired) electrons. The number of aryl methyl sites for hydroxylation is 1. The Morgan fingerprint density at radius 2 is 1.95 bits per heavy atom. The molecule has 1 fully saturated rings. The number of unbranched alkanes of at least 4 members (excludes halogenated alkanes) is 4. The van der Waals surface area contributed by atoms with Crippen molar-refractivity contribution in [3.63, 3.8) is 0 Å². The molecular weight excluding hydrogens is 258 g/mol. The SMILES string of the molecule is C#CCn1c(C2CCCC2)nc(CCCCCCC)c1N. The fourth-order valence-corrected chi connectivity index (χ4v) is 3.37. The summed E-state index contributed by atoms with van der Waals surface area (Å²) >= 11 is 0. The second-order valence-corrected chi connectivity index (χ2v) is 6.24. The lowest BCUT2D eigenvalue weighted by atomic mass is 10.1. The lowest BCUT2D eigenvalue weighted by Crippen LogP contribution is -2.09. The minimum Gasteiger partial charge on any atom is -0.384 e. The molecule has 3 heteroatoms. The molecule has 1 aliphatic carbocycles. The van der Waals surface area contributed by atoms with Gasteiger partial charge in [-0.2, -0.15) is 0 Å². The van der Waals surface area contributed by atoms with Crippen LogP contribution < -0.4 is 5.73 Å². The molecule has 0 aliphatic heterocycles. The highest BCUT2D eigenvalue weighted by molar-refractivity contribution is 5.40. The van der Waals surface area contributed by atoms with Crippen LogP contribution in [0.4, 0.5) is 5.82 Å². The predicted octanol–water partition coefficient (Wildman–Crippen LogP) is 4.27. The molecule has 0 atom stereocenters. The maximum Gasteiger partial charge on any atom is 0.127 e. The molecule has 0 saturated heterocycles. The third kappa shape index (κ3) is 4.03. The summed E-state index contributed by atoms with van der Waals surface area (Å²) in [6, 6.07) is 0. The molecule has 2 rings (SSSR count). The van der Waals surface area contributed by atoms with Crippen molar-refractivity contribution < 1.29 is 0 Å². The van der Waals surface area contributed by atoms with E-state index in [9.17, 15) is 0 Å². The van der Waals surface area contributed by atoms with E-state index in [-0.39, 0.29) is 0 Å². The van der Waals surface area contributed by atoms with E-state index in [0.717, 1.165) is 23.8 Å². The zero-order valence-corrected chi connectivity index (χ0v) is 13.4. The number of nitrogens with zero attached hydrogens (tertiary/aromatic N) is 2. The predicted molar refractivity (Wildman–Crippen MR) is 89.1 cm³/mol. The fraction of sp³-hybridized carbons (Fsp3) is 0.722. The van der Waals surface area contributed by atoms with Gasteiger partial charge in [-0.25, -0.2) is 4.98 Å². The number of hydrogen-bond donors (Lipinski definition) is 1. The van der Waals surface area contributed by atoms with Gasteiger partial charge in [0.05, 0.1) is 12.2 Å². The highest BCUT2D eigenvalue weighted by Gasteiger charge is 2.24. The van der Waals surface area contributed by atoms with E-state index in [1.807, 2.05) is 0 Å². The Kier molecular flexibility index (Phi) is 6.17. The van der Waals surface area contributed by atoms with Crippen LogP contribution >= 0.6 is 0 Å². The Balaban J connectivity index is 2.03. The smallest absolute Gasteiger partial charge is 0.127 e. The zero-order valence-electron chi connectivity index (χ0n) is 13.4. The summed E-state index contributed by atoms with van der Waals surface area (Å²) in [6.45, 7) is 2.80. The molecule has 1 aliphatic rings. The fourth-order valence-electron chi connectivity index (χ4n) is 3.37. The number of nitrogen functional groups attached to an aromatic ring is 1. The average Bonchev–Trinajstić information content (AvgIpc) is 3.10. The van der Waals surface area contributed by atoms with Gasteiger partial charge in [-0.15, -0.1) is 6.42 Å². The van der Waals surface area contributed by atoms with Gasteiger partial charge in [-0.3, -0.25) is 0 Å². The molecule has 116 valence electrons. The highest BCUT2D eigenvalue weighted by atomic mass is 15.1. The third-order valence-electron chi connectivity index (χ3n) is 4.60. The second kappa shape index (κ2) is 8.12. The molecule has 0 unspecified atom stereocenters. The summed E-state index contributed by atoms with van der Waals surface area (Å²) in [5.41, 5.74) is 7.38. The standard InChI is InChI=1S/C18H29N3/c1-3-5-6-7-8-13-16-17(19)21(14-4-2)18(20-16)15-11-9-10-12-15/h2,15H,3,5-14,19H2,1H3. The molecule has 0 spiro atoms. The Labute approximate surface area is 129 Å². The Morgan fingerprint density at radius 1 is 1.24 bits per heavy atom. The van der Waals surface area contributed by atoms with Gasteiger partial charge in [0.15, 0.2) is 0 Å². The Bertz CT molecular complexity index is 475. The number of terminal acetylenes is 1. The van der Waals surface area contributed by atoms with Crippen LogP contribution in [0.25, 0.3) is 0 Å². The number of rotatable bonds is 8. The quantitative estimate of drug-likeness (QED) is 0.573. The van der Waals surface area contributed by atoms with Crippen LogP contribution in [-0.4, -0.2) is 9.55 Å². The van der Waals surface area contributed by atoms with Gasteiger partial charge < -0.3 is 10.3 Å². The van der Waals surface area contributed by atoms with Crippen LogP contribution in [0.15, 0.2) is 0 Å². The van der Waals surface area contributed by atoms with Crippen LogP contribution in [0.1, 0.15) is 82.1 Å². The van der Waals surface area contributed by atoms with Crippen LogP contribution in [0, 0.1) is 12.3 Å². The molecule has 1 aromatic rings. The van der Waals surface area contributed by atoms with Crippen molar-refractivity contribution in [1.82, 2.24) is 9.55 Å². The van der Waals surface area contributed by atoms with Gasteiger partial charge in [0.1, 0.15) is 11.6 Å². The van der Waals surface area contributed by atoms with Crippen molar-refractivity contribution in [1.29, 1.82) is 0 Å². The molecule has 21 heavy (non-hydrogen) atoms. The minimum atomic E-state index is 0.556. The van der Waals surface area contributed by atoms with E-state index < -0.39 is 0 Å². The van der Waals surface area contributed by atoms with Crippen molar-refractivity contribution in [3.05, 3.63) is 11.5 Å². The van der Waals surface area contributed by atoms with Crippen molar-refractivity contribution >= 4 is 5.82 Å². The summed E-state index contributed by atoms with van der Waals surface area (Å²) in [5.74, 6) is 5.25. The molecule has 0 bridgehead atoms. The van der Waals surface area contributed by atoms with E-state index in [1.165, 1.54) is 57.8 Å². The highest BCUT2D eigenvalue weighted by Crippen LogP contribution is 2.35. The summed E-state index contributed by atoms with van der Waals surface area (Å²) in [6.07, 6.45) is 18.0. The summed E-state index contributed by atoms with van der Waals surface area (Å²) in [5, 5.41) is 0. The van der Waals surface area contributed by atoms with Crippen LogP contribution in [-0.2, 0) is 13.0 Å². The van der Waals surface area contributed by atoms with Crippen molar-refractivity contribution in [2.45, 2.75) is 83.6 Å². The molecular formula is C18H29N3. The first-order chi connectivity index (χ1) is 10.3. The normalized spacial score (nSPS) is 15.4. The van der Waals surface area contributed by atoms with E-state index in [0.29, 0.717) is 12.5 Å². The van der Waals surface area contributed by atoms with E-state index >= 15 is 0 Å². The lowest BCUT2D eigenvalue weighted by molar-refractivity contribution is 0.616. The number of hydrogen-bond acceptors (Lipinski definition) is 2. The molecule has 0 amide bonds. The second-order valence-electron chi connectivity index (χ2n) is 6.24. The van der Waals surface area contributed by atoms with Crippen LogP contribution in [0.2, 0.25) is 0 Å². The van der Waals surface area contributed by atoms with Gasteiger partial charge in [-0.05, 0) is 25.7 Å². The Morgan fingerprint density at radius 3 is 2.62 bits per heavy atom. The molecule has 2 N–H and O–H groups in total. The van der Waals surface area contributed by atoms with E-state index in [2.05, 4.69) is 17.4 Å². The summed E-state index contributed by atoms with van der Waals surface area (Å²) in [7, 11) is 0. The van der Waals surface area contributed by atoms with Crippen molar-refractivity contribution in [3.8, 4) is 12.3 Å². The van der Waals surface area contributed by atoms with Gasteiger partial charge >= 0.3 is 0 Å². The minimum absolute atomic E-state index is 0.556. The van der Waals surface area contributed by atoms with Crippen LogP contribution in [0.3, 0.4) is 0 Å². The lowest BCUT2D eigenvalue weighted by Gasteiger charge is -2.11. The first-order valence-electron chi connectivity index (χ1n) is 8.56. The molecule has 0 aromatic carbocycles. The third-order valence-corrected chi connectivity index (χ3v) is 4.60. The maximum absolute atomic E-state index is 6.30. The van der Waals surface area contributed by atoms with Gasteiger partial charge in [0.2, 0.25) is 0 Å². The Hall–Kier alpha value is -1.43. The maximum atomic E-state index is 6.30. The average molecular weight is 287 g/mol. The van der Waals surface area contributed by atoms with Gasteiger partial charge in [0.25, 0.3) is 0 Å². The number of imidazole rings is 1. The monoisotopic (exact) mass is 287 g/mol. The molecule has 3 nitrogen and oxygen atoms in total. The topological polar surface area (TPSA) is 43.8 Å². The summed E-state index contributed by atoms with van der Waals surface area (Å²) in [4.78, 5) is 4.87. The van der Waals surface area contributed by atoms with Crippen molar-refractivity contribution in [2.75, 3.05) is 5.73 Å². The van der Waals surface area contributed by atoms with Crippen molar-refractivity contribution in [2.24, 2.45) is 0 Å². The zero-order chi connectivity index (χ0) is 15.1. The number of nitrogens with two attached hydrogens (primary N) is 1. The molecule has 1 aromatic heterocycles. The largest absolute Gasteiger partial charge is 0.384 e. The van der Waals surface area contributed by atoms with Crippen LogP contribution in [0.5, 0.6) is 0 Å².